The lowest BCUT2D eigenvalue weighted by Crippen LogP contribution is -2.29. The fraction of sp³-hybridized carbons (Fsp3) is 0.600. The molecule has 18 heavy (non-hydrogen) atoms. The first-order valence-corrected chi connectivity index (χ1v) is 6.84. The van der Waals surface area contributed by atoms with Crippen molar-refractivity contribution < 1.29 is 5.11 Å². The van der Waals surface area contributed by atoms with Crippen molar-refractivity contribution in [2.45, 2.75) is 38.8 Å². The van der Waals surface area contributed by atoms with Crippen molar-refractivity contribution >= 4 is 0 Å². The fourth-order valence-corrected chi connectivity index (χ4v) is 2.05. The third-order valence-corrected chi connectivity index (χ3v) is 3.34. The first-order valence-electron chi connectivity index (χ1n) is 6.84. The van der Waals surface area contributed by atoms with Crippen LogP contribution in [0, 0.1) is 5.92 Å². The molecule has 4 N–H and O–H groups in total. The van der Waals surface area contributed by atoms with E-state index in [1.54, 1.807) is 0 Å². The normalized spacial score (nSPS) is 23.7. The van der Waals surface area contributed by atoms with Gasteiger partial charge in [0.25, 0.3) is 0 Å². The maximum atomic E-state index is 8.86. The van der Waals surface area contributed by atoms with Crippen molar-refractivity contribution in [1.29, 1.82) is 0 Å². The van der Waals surface area contributed by atoms with E-state index in [0.29, 0.717) is 25.1 Å². The second-order valence-corrected chi connectivity index (χ2v) is 4.98. The molecule has 2 atom stereocenters. The minimum atomic E-state index is 0.347. The monoisotopic (exact) mass is 250 g/mol. The van der Waals surface area contributed by atoms with Crippen LogP contribution in [-0.2, 0) is 6.54 Å². The molecule has 1 aliphatic heterocycles. The van der Waals surface area contributed by atoms with E-state index in [1.807, 2.05) is 30.3 Å². The van der Waals surface area contributed by atoms with Crippen molar-refractivity contribution in [3.8, 4) is 0 Å². The molecule has 1 fully saturated rings. The van der Waals surface area contributed by atoms with Gasteiger partial charge in [0.05, 0.1) is 0 Å². The van der Waals surface area contributed by atoms with Crippen LogP contribution in [-0.4, -0.2) is 24.3 Å². The molecule has 3 nitrogen and oxygen atoms in total. The van der Waals surface area contributed by atoms with Gasteiger partial charge in [0.15, 0.2) is 0 Å². The van der Waals surface area contributed by atoms with E-state index in [2.05, 4.69) is 12.2 Å². The van der Waals surface area contributed by atoms with E-state index in [9.17, 15) is 0 Å². The summed E-state index contributed by atoms with van der Waals surface area (Å²) in [7, 11) is 0. The number of aliphatic hydroxyl groups is 1. The standard InChI is InChI=1S/C8H17NO.C7H9N/c1-7-3-2-4-8(6-10)5-9-7;8-6-7-4-2-1-3-5-7/h7-10H,2-6H2,1H3;1-5H,6,8H2/t7?,8-;/m0./s1. The molecule has 0 saturated carbocycles. The van der Waals surface area contributed by atoms with Crippen LogP contribution in [0.2, 0.25) is 0 Å². The van der Waals surface area contributed by atoms with E-state index in [1.165, 1.54) is 24.8 Å². The molecule has 1 unspecified atom stereocenters. The summed E-state index contributed by atoms with van der Waals surface area (Å²) in [6, 6.07) is 10.6. The lowest BCUT2D eigenvalue weighted by atomic mass is 10.0. The first kappa shape index (κ1) is 15.2. The Morgan fingerprint density at radius 3 is 2.56 bits per heavy atom. The van der Waals surface area contributed by atoms with Crippen LogP contribution in [0.4, 0.5) is 0 Å². The Bertz CT molecular complexity index is 303. The Hall–Kier alpha value is -0.900. The topological polar surface area (TPSA) is 58.3 Å². The van der Waals surface area contributed by atoms with Gasteiger partial charge in [-0.2, -0.15) is 0 Å². The Morgan fingerprint density at radius 1 is 1.28 bits per heavy atom. The molecule has 0 amide bonds. The molecule has 1 aromatic carbocycles. The lowest BCUT2D eigenvalue weighted by Gasteiger charge is -2.11. The molecule has 0 radical (unpaired) electrons. The molecule has 0 aliphatic carbocycles. The van der Waals surface area contributed by atoms with Crippen molar-refractivity contribution in [3.63, 3.8) is 0 Å². The molecule has 0 bridgehead atoms. The highest BCUT2D eigenvalue weighted by atomic mass is 16.3. The summed E-state index contributed by atoms with van der Waals surface area (Å²) in [5, 5.41) is 12.2. The zero-order valence-electron chi connectivity index (χ0n) is 11.3. The molecular weight excluding hydrogens is 224 g/mol. The van der Waals surface area contributed by atoms with E-state index in [-0.39, 0.29) is 0 Å². The van der Waals surface area contributed by atoms with Crippen molar-refractivity contribution in [2.24, 2.45) is 11.7 Å². The van der Waals surface area contributed by atoms with Gasteiger partial charge >= 0.3 is 0 Å². The molecule has 3 heteroatoms. The zero-order valence-corrected chi connectivity index (χ0v) is 11.3. The number of rotatable bonds is 2. The van der Waals surface area contributed by atoms with Gasteiger partial charge < -0.3 is 16.2 Å². The number of hydrogen-bond donors (Lipinski definition) is 3. The molecule has 1 aliphatic rings. The fourth-order valence-electron chi connectivity index (χ4n) is 2.05. The van der Waals surface area contributed by atoms with Crippen molar-refractivity contribution in [2.75, 3.05) is 13.2 Å². The highest BCUT2D eigenvalue weighted by Gasteiger charge is 2.13. The first-order chi connectivity index (χ1) is 8.76. The van der Waals surface area contributed by atoms with Crippen LogP contribution < -0.4 is 11.1 Å². The SMILES string of the molecule is CC1CCC[C@H](CO)CN1.NCc1ccccc1. The van der Waals surface area contributed by atoms with Crippen molar-refractivity contribution in [1.82, 2.24) is 5.32 Å². The number of aliphatic hydroxyl groups excluding tert-OH is 1. The van der Waals surface area contributed by atoms with E-state index in [0.717, 1.165) is 6.54 Å². The van der Waals surface area contributed by atoms with Gasteiger partial charge in [0.1, 0.15) is 0 Å². The van der Waals surface area contributed by atoms with E-state index in [4.69, 9.17) is 10.8 Å². The van der Waals surface area contributed by atoms with Crippen LogP contribution in [0.25, 0.3) is 0 Å². The van der Waals surface area contributed by atoms with Gasteiger partial charge in [-0.25, -0.2) is 0 Å². The molecule has 1 heterocycles. The quantitative estimate of drug-likeness (QED) is 0.751. The summed E-state index contributed by atoms with van der Waals surface area (Å²) in [4.78, 5) is 0. The van der Waals surface area contributed by atoms with Crippen LogP contribution in [0.15, 0.2) is 30.3 Å². The largest absolute Gasteiger partial charge is 0.396 e. The third-order valence-electron chi connectivity index (χ3n) is 3.34. The maximum absolute atomic E-state index is 8.86. The van der Waals surface area contributed by atoms with Crippen molar-refractivity contribution in [3.05, 3.63) is 35.9 Å². The van der Waals surface area contributed by atoms with Crippen LogP contribution in [0.1, 0.15) is 31.7 Å². The summed E-state index contributed by atoms with van der Waals surface area (Å²) in [6.45, 7) is 4.19. The molecule has 0 spiro atoms. The Balaban J connectivity index is 0.000000184. The van der Waals surface area contributed by atoms with Crippen LogP contribution in [0.5, 0.6) is 0 Å². The average molecular weight is 250 g/mol. The minimum Gasteiger partial charge on any atom is -0.396 e. The molecule has 1 saturated heterocycles. The number of benzene rings is 1. The number of nitrogens with two attached hydrogens (primary N) is 1. The molecule has 2 rings (SSSR count). The van der Waals surface area contributed by atoms with Gasteiger partial charge in [-0.1, -0.05) is 36.8 Å². The molecular formula is C15H26N2O. The van der Waals surface area contributed by atoms with Gasteiger partial charge in [-0.15, -0.1) is 0 Å². The van der Waals surface area contributed by atoms with Gasteiger partial charge in [-0.05, 0) is 31.2 Å². The highest BCUT2D eigenvalue weighted by molar-refractivity contribution is 5.13. The number of hydrogen-bond acceptors (Lipinski definition) is 3. The Morgan fingerprint density at radius 2 is 2.00 bits per heavy atom. The van der Waals surface area contributed by atoms with Crippen LogP contribution in [0.3, 0.4) is 0 Å². The molecule has 0 aromatic heterocycles. The van der Waals surface area contributed by atoms with E-state index < -0.39 is 0 Å². The second kappa shape index (κ2) is 9.09. The summed E-state index contributed by atoms with van der Waals surface area (Å²) >= 11 is 0. The smallest absolute Gasteiger partial charge is 0.0471 e. The minimum absolute atomic E-state index is 0.347. The summed E-state index contributed by atoms with van der Waals surface area (Å²) < 4.78 is 0. The Kier molecular flexibility index (Phi) is 7.65. The average Bonchev–Trinajstić information content (AvgIpc) is 2.65. The summed E-state index contributed by atoms with van der Waals surface area (Å²) in [5.74, 6) is 0.505. The van der Waals surface area contributed by atoms with Gasteiger partial charge in [0, 0.05) is 25.7 Å². The van der Waals surface area contributed by atoms with Gasteiger partial charge in [-0.3, -0.25) is 0 Å². The predicted octanol–water partition coefficient (Wildman–Crippen LogP) is 1.90. The van der Waals surface area contributed by atoms with Crippen LogP contribution >= 0.6 is 0 Å². The second-order valence-electron chi connectivity index (χ2n) is 4.98. The predicted molar refractivity (Wildman–Crippen MR) is 76.2 cm³/mol. The summed E-state index contributed by atoms with van der Waals surface area (Å²) in [5.41, 5.74) is 6.54. The lowest BCUT2D eigenvalue weighted by molar-refractivity contribution is 0.219. The summed E-state index contributed by atoms with van der Waals surface area (Å²) in [6.07, 6.45) is 3.71. The molecule has 1 aromatic rings. The zero-order chi connectivity index (χ0) is 13.2. The maximum Gasteiger partial charge on any atom is 0.0471 e. The molecule has 102 valence electrons. The number of nitrogens with one attached hydrogen (secondary N) is 1. The van der Waals surface area contributed by atoms with E-state index >= 15 is 0 Å². The third kappa shape index (κ3) is 6.15. The van der Waals surface area contributed by atoms with Gasteiger partial charge in [0.2, 0.25) is 0 Å². The highest BCUT2D eigenvalue weighted by Crippen LogP contribution is 2.13. The Labute approximate surface area is 110 Å².